The molecule has 0 spiro atoms. The van der Waals surface area contributed by atoms with Crippen LogP contribution in [0.15, 0.2) is 18.2 Å². The smallest absolute Gasteiger partial charge is 0.410 e. The van der Waals surface area contributed by atoms with Gasteiger partial charge in [0.15, 0.2) is 0 Å². The van der Waals surface area contributed by atoms with Crippen LogP contribution in [-0.4, -0.2) is 30.1 Å². The molecule has 1 aliphatic rings. The van der Waals surface area contributed by atoms with Gasteiger partial charge in [-0.3, -0.25) is 0 Å². The molecule has 0 radical (unpaired) electrons. The molecule has 0 aliphatic carbocycles. The number of carbonyl (C=O) groups is 1. The maximum absolute atomic E-state index is 12.0. The van der Waals surface area contributed by atoms with Crippen molar-refractivity contribution < 1.29 is 9.53 Å². The van der Waals surface area contributed by atoms with Gasteiger partial charge in [0.25, 0.3) is 0 Å². The van der Waals surface area contributed by atoms with Gasteiger partial charge in [-0.1, -0.05) is 6.07 Å². The Bertz CT molecular complexity index is 417. The highest BCUT2D eigenvalue weighted by Gasteiger charge is 2.22. The fourth-order valence-electron chi connectivity index (χ4n) is 2.24. The summed E-state index contributed by atoms with van der Waals surface area (Å²) >= 11 is 0. The summed E-state index contributed by atoms with van der Waals surface area (Å²) in [4.78, 5) is 13.7. The SMILES string of the molecule is Cc1cc(C)cc(OC(=O)N2CCC(N)CC2)c1. The number of aryl methyl sites for hydroxylation is 2. The Balaban J connectivity index is 1.98. The van der Waals surface area contributed by atoms with Gasteiger partial charge in [0.2, 0.25) is 0 Å². The first kappa shape index (κ1) is 12.9. The minimum atomic E-state index is -0.271. The van der Waals surface area contributed by atoms with Crippen LogP contribution in [0.2, 0.25) is 0 Å². The maximum atomic E-state index is 12.0. The van der Waals surface area contributed by atoms with Crippen molar-refractivity contribution >= 4 is 6.09 Å². The van der Waals surface area contributed by atoms with Crippen molar-refractivity contribution in [3.63, 3.8) is 0 Å². The second-order valence-electron chi connectivity index (χ2n) is 5.02. The lowest BCUT2D eigenvalue weighted by molar-refractivity contribution is 0.139. The summed E-state index contributed by atoms with van der Waals surface area (Å²) in [6, 6.07) is 6.02. The van der Waals surface area contributed by atoms with Crippen molar-refractivity contribution in [3.8, 4) is 5.75 Å². The minimum absolute atomic E-state index is 0.218. The molecule has 1 amide bonds. The number of nitrogens with zero attached hydrogens (tertiary/aromatic N) is 1. The summed E-state index contributed by atoms with van der Waals surface area (Å²) in [5.41, 5.74) is 8.00. The molecule has 1 saturated heterocycles. The molecular weight excluding hydrogens is 228 g/mol. The summed E-state index contributed by atoms with van der Waals surface area (Å²) in [6.45, 7) is 5.35. The normalized spacial score (nSPS) is 16.7. The number of likely N-dealkylation sites (tertiary alicyclic amines) is 1. The zero-order valence-electron chi connectivity index (χ0n) is 11.0. The van der Waals surface area contributed by atoms with E-state index in [0.29, 0.717) is 18.8 Å². The fourth-order valence-corrected chi connectivity index (χ4v) is 2.24. The van der Waals surface area contributed by atoms with Crippen LogP contribution in [0.3, 0.4) is 0 Å². The standard InChI is InChI=1S/C14H20N2O2/c1-10-7-11(2)9-13(8-10)18-14(17)16-5-3-12(15)4-6-16/h7-9,12H,3-6,15H2,1-2H3. The highest BCUT2D eigenvalue weighted by atomic mass is 16.6. The molecule has 1 fully saturated rings. The topological polar surface area (TPSA) is 55.6 Å². The van der Waals surface area contributed by atoms with E-state index in [1.54, 1.807) is 4.90 Å². The van der Waals surface area contributed by atoms with Crippen molar-refractivity contribution in [3.05, 3.63) is 29.3 Å². The van der Waals surface area contributed by atoms with Crippen LogP contribution >= 0.6 is 0 Å². The molecule has 1 heterocycles. The second-order valence-corrected chi connectivity index (χ2v) is 5.02. The summed E-state index contributed by atoms with van der Waals surface area (Å²) in [7, 11) is 0. The van der Waals surface area contributed by atoms with Crippen molar-refractivity contribution in [2.75, 3.05) is 13.1 Å². The Hall–Kier alpha value is -1.55. The van der Waals surface area contributed by atoms with Gasteiger partial charge in [-0.05, 0) is 49.9 Å². The number of hydrogen-bond donors (Lipinski definition) is 1. The largest absolute Gasteiger partial charge is 0.415 e. The molecule has 2 rings (SSSR count). The van der Waals surface area contributed by atoms with Crippen LogP contribution < -0.4 is 10.5 Å². The van der Waals surface area contributed by atoms with Gasteiger partial charge in [0, 0.05) is 19.1 Å². The Labute approximate surface area is 108 Å². The summed E-state index contributed by atoms with van der Waals surface area (Å²) in [5.74, 6) is 0.618. The summed E-state index contributed by atoms with van der Waals surface area (Å²) < 4.78 is 5.40. The van der Waals surface area contributed by atoms with Crippen LogP contribution in [0, 0.1) is 13.8 Å². The molecule has 1 aromatic rings. The predicted octanol–water partition coefficient (Wildman–Crippen LogP) is 2.23. The van der Waals surface area contributed by atoms with E-state index in [1.165, 1.54) is 0 Å². The van der Waals surface area contributed by atoms with Crippen LogP contribution in [0.4, 0.5) is 4.79 Å². The molecule has 0 saturated carbocycles. The molecule has 1 aromatic carbocycles. The van der Waals surface area contributed by atoms with Crippen LogP contribution in [-0.2, 0) is 0 Å². The lowest BCUT2D eigenvalue weighted by atomic mass is 10.1. The number of piperidine rings is 1. The van der Waals surface area contributed by atoms with Crippen LogP contribution in [0.25, 0.3) is 0 Å². The number of ether oxygens (including phenoxy) is 1. The lowest BCUT2D eigenvalue weighted by Crippen LogP contribution is -2.44. The minimum Gasteiger partial charge on any atom is -0.410 e. The number of carbonyl (C=O) groups excluding carboxylic acids is 1. The monoisotopic (exact) mass is 248 g/mol. The third-order valence-corrected chi connectivity index (χ3v) is 3.20. The zero-order chi connectivity index (χ0) is 13.1. The first-order valence-electron chi connectivity index (χ1n) is 6.35. The van der Waals surface area contributed by atoms with E-state index in [9.17, 15) is 4.79 Å². The van der Waals surface area contributed by atoms with Gasteiger partial charge in [0.1, 0.15) is 5.75 Å². The van der Waals surface area contributed by atoms with Gasteiger partial charge in [0.05, 0.1) is 0 Å². The van der Waals surface area contributed by atoms with E-state index in [-0.39, 0.29) is 12.1 Å². The average Bonchev–Trinajstić information content (AvgIpc) is 2.28. The van der Waals surface area contributed by atoms with Crippen molar-refractivity contribution in [2.24, 2.45) is 5.73 Å². The lowest BCUT2D eigenvalue weighted by Gasteiger charge is -2.29. The summed E-state index contributed by atoms with van der Waals surface area (Å²) in [5, 5.41) is 0. The van der Waals surface area contributed by atoms with E-state index in [1.807, 2.05) is 26.0 Å². The highest BCUT2D eigenvalue weighted by Crippen LogP contribution is 2.18. The van der Waals surface area contributed by atoms with Crippen molar-refractivity contribution in [1.82, 2.24) is 4.90 Å². The second kappa shape index (κ2) is 5.40. The van der Waals surface area contributed by atoms with Gasteiger partial charge in [-0.2, -0.15) is 0 Å². The molecule has 4 nitrogen and oxygen atoms in total. The fraction of sp³-hybridized carbons (Fsp3) is 0.500. The highest BCUT2D eigenvalue weighted by molar-refractivity contribution is 5.71. The Morgan fingerprint density at radius 3 is 2.33 bits per heavy atom. The first-order valence-corrected chi connectivity index (χ1v) is 6.35. The third-order valence-electron chi connectivity index (χ3n) is 3.20. The summed E-state index contributed by atoms with van der Waals surface area (Å²) in [6.07, 6.45) is 1.43. The first-order chi connectivity index (χ1) is 8.54. The molecule has 4 heteroatoms. The molecule has 1 aliphatic heterocycles. The van der Waals surface area contributed by atoms with Gasteiger partial charge in [-0.15, -0.1) is 0 Å². The number of nitrogens with two attached hydrogens (primary N) is 1. The van der Waals surface area contributed by atoms with Crippen molar-refractivity contribution in [1.29, 1.82) is 0 Å². The molecule has 98 valence electrons. The number of rotatable bonds is 1. The van der Waals surface area contributed by atoms with Gasteiger partial charge < -0.3 is 15.4 Å². The molecule has 0 atom stereocenters. The zero-order valence-corrected chi connectivity index (χ0v) is 11.0. The molecule has 0 bridgehead atoms. The Kier molecular flexibility index (Phi) is 3.87. The Morgan fingerprint density at radius 2 is 1.78 bits per heavy atom. The molecule has 0 unspecified atom stereocenters. The predicted molar refractivity (Wildman–Crippen MR) is 70.7 cm³/mol. The van der Waals surface area contributed by atoms with E-state index in [2.05, 4.69) is 6.07 Å². The van der Waals surface area contributed by atoms with Gasteiger partial charge in [-0.25, -0.2) is 4.79 Å². The van der Waals surface area contributed by atoms with Crippen molar-refractivity contribution in [2.45, 2.75) is 32.7 Å². The average molecular weight is 248 g/mol. The van der Waals surface area contributed by atoms with Crippen LogP contribution in [0.5, 0.6) is 5.75 Å². The number of amides is 1. The number of benzene rings is 1. The molecule has 18 heavy (non-hydrogen) atoms. The quantitative estimate of drug-likeness (QED) is 0.829. The van der Waals surface area contributed by atoms with E-state index in [0.717, 1.165) is 24.0 Å². The van der Waals surface area contributed by atoms with Crippen LogP contribution in [0.1, 0.15) is 24.0 Å². The van der Waals surface area contributed by atoms with E-state index in [4.69, 9.17) is 10.5 Å². The van der Waals surface area contributed by atoms with E-state index < -0.39 is 0 Å². The third kappa shape index (κ3) is 3.23. The molecule has 2 N–H and O–H groups in total. The maximum Gasteiger partial charge on any atom is 0.415 e. The van der Waals surface area contributed by atoms with E-state index >= 15 is 0 Å². The Morgan fingerprint density at radius 1 is 1.22 bits per heavy atom. The molecular formula is C14H20N2O2. The number of hydrogen-bond acceptors (Lipinski definition) is 3. The molecule has 0 aromatic heterocycles. The van der Waals surface area contributed by atoms with Gasteiger partial charge >= 0.3 is 6.09 Å².